The first-order valence-electron chi connectivity index (χ1n) is 5.34. The van der Waals surface area contributed by atoms with Crippen molar-refractivity contribution in [1.29, 1.82) is 5.26 Å². The summed E-state index contributed by atoms with van der Waals surface area (Å²) in [5.41, 5.74) is 1.35. The van der Waals surface area contributed by atoms with Gasteiger partial charge in [-0.2, -0.15) is 5.26 Å². The molecule has 0 spiro atoms. The summed E-state index contributed by atoms with van der Waals surface area (Å²) in [5, 5.41) is 8.91. The van der Waals surface area contributed by atoms with Crippen molar-refractivity contribution in [2.75, 3.05) is 6.61 Å². The second-order valence-corrected chi connectivity index (χ2v) is 3.46. The van der Waals surface area contributed by atoms with E-state index in [2.05, 4.69) is 11.6 Å². The molecule has 0 aliphatic carbocycles. The third-order valence-electron chi connectivity index (χ3n) is 2.20. The predicted molar refractivity (Wildman–Crippen MR) is 63.6 cm³/mol. The monoisotopic (exact) mass is 230 g/mol. The number of ether oxygens (including phenoxy) is 1. The molecule has 0 aliphatic rings. The van der Waals surface area contributed by atoms with Crippen LogP contribution in [-0.4, -0.2) is 17.6 Å². The molecule has 4 heteroatoms. The van der Waals surface area contributed by atoms with Crippen LogP contribution in [0.3, 0.4) is 0 Å². The Balaban J connectivity index is 2.67. The van der Waals surface area contributed by atoms with Crippen LogP contribution in [0.2, 0.25) is 0 Å². The van der Waals surface area contributed by atoms with Crippen LogP contribution in [-0.2, 0) is 9.53 Å². The normalized spacial score (nSPS) is 11.3. The largest absolute Gasteiger partial charge is 0.465 e. The lowest BCUT2D eigenvalue weighted by Crippen LogP contribution is -2.16. The highest BCUT2D eigenvalue weighted by molar-refractivity contribution is 5.78. The Labute approximate surface area is 101 Å². The smallest absolute Gasteiger partial charge is 0.323 e. The molecule has 1 atom stereocenters. The molecule has 1 aromatic rings. The van der Waals surface area contributed by atoms with Gasteiger partial charge in [0.25, 0.3) is 0 Å². The molecule has 0 N–H and O–H groups in total. The molecule has 17 heavy (non-hydrogen) atoms. The van der Waals surface area contributed by atoms with Crippen molar-refractivity contribution in [2.24, 2.45) is 5.92 Å². The highest BCUT2D eigenvalue weighted by atomic mass is 16.5. The minimum absolute atomic E-state index is 0.242. The minimum Gasteiger partial charge on any atom is -0.465 e. The first kappa shape index (κ1) is 12.9. The van der Waals surface area contributed by atoms with Gasteiger partial charge in [-0.05, 0) is 24.6 Å². The maximum Gasteiger partial charge on any atom is 0.323 e. The number of nitrogens with zero attached hydrogens (tertiary/aromatic N) is 2. The molecule has 4 nitrogen and oxygen atoms in total. The molecule has 0 aromatic carbocycles. The van der Waals surface area contributed by atoms with Crippen molar-refractivity contribution in [1.82, 2.24) is 4.98 Å². The molecule has 0 fully saturated rings. The van der Waals surface area contributed by atoms with E-state index in [1.54, 1.807) is 25.3 Å². The molecule has 0 radical (unpaired) electrons. The van der Waals surface area contributed by atoms with Crippen LogP contribution >= 0.6 is 0 Å². The second kappa shape index (κ2) is 6.44. The zero-order chi connectivity index (χ0) is 12.7. The van der Waals surface area contributed by atoms with E-state index in [1.807, 2.05) is 12.1 Å². The van der Waals surface area contributed by atoms with Crippen molar-refractivity contribution >= 4 is 11.5 Å². The summed E-state index contributed by atoms with van der Waals surface area (Å²) < 4.78 is 4.81. The number of pyridine rings is 1. The van der Waals surface area contributed by atoms with E-state index in [0.717, 1.165) is 0 Å². The van der Waals surface area contributed by atoms with E-state index >= 15 is 0 Å². The first-order chi connectivity index (χ1) is 8.19. The third-order valence-corrected chi connectivity index (χ3v) is 2.20. The zero-order valence-electron chi connectivity index (χ0n) is 9.72. The number of allylic oxidation sites excluding steroid dienone is 1. The van der Waals surface area contributed by atoms with Gasteiger partial charge in [-0.25, -0.2) is 0 Å². The fourth-order valence-corrected chi connectivity index (χ4v) is 1.35. The SMILES string of the molecule is C=C(CC(C#N)C(=O)OCC)c1ccccn1. The highest BCUT2D eigenvalue weighted by Gasteiger charge is 2.20. The molecule has 0 saturated carbocycles. The van der Waals surface area contributed by atoms with Gasteiger partial charge < -0.3 is 4.74 Å². The van der Waals surface area contributed by atoms with Crippen molar-refractivity contribution in [3.8, 4) is 6.07 Å². The molecule has 0 amide bonds. The van der Waals surface area contributed by atoms with Gasteiger partial charge in [0.15, 0.2) is 0 Å². The molecule has 0 saturated heterocycles. The Morgan fingerprint density at radius 3 is 2.94 bits per heavy atom. The molecular formula is C13H14N2O2. The average molecular weight is 230 g/mol. The van der Waals surface area contributed by atoms with Crippen molar-refractivity contribution in [2.45, 2.75) is 13.3 Å². The summed E-state index contributed by atoms with van der Waals surface area (Å²) in [6.07, 6.45) is 1.89. The van der Waals surface area contributed by atoms with Crippen LogP contribution < -0.4 is 0 Å². The molecular weight excluding hydrogens is 216 g/mol. The van der Waals surface area contributed by atoms with Crippen LogP contribution in [0.15, 0.2) is 31.0 Å². The molecule has 1 heterocycles. The number of hydrogen-bond donors (Lipinski definition) is 0. The van der Waals surface area contributed by atoms with Crippen molar-refractivity contribution < 1.29 is 9.53 Å². The second-order valence-electron chi connectivity index (χ2n) is 3.46. The lowest BCUT2D eigenvalue weighted by molar-refractivity contribution is -0.145. The van der Waals surface area contributed by atoms with Gasteiger partial charge in [0.05, 0.1) is 18.4 Å². The van der Waals surface area contributed by atoms with Crippen LogP contribution in [0.1, 0.15) is 19.0 Å². The van der Waals surface area contributed by atoms with E-state index in [0.29, 0.717) is 11.3 Å². The fourth-order valence-electron chi connectivity index (χ4n) is 1.35. The number of esters is 1. The summed E-state index contributed by atoms with van der Waals surface area (Å²) in [4.78, 5) is 15.5. The number of aromatic nitrogens is 1. The number of carbonyl (C=O) groups is 1. The predicted octanol–water partition coefficient (Wildman–Crippen LogP) is 2.19. The van der Waals surface area contributed by atoms with Crippen LogP contribution in [0, 0.1) is 17.2 Å². The first-order valence-corrected chi connectivity index (χ1v) is 5.34. The van der Waals surface area contributed by atoms with Gasteiger partial charge >= 0.3 is 5.97 Å². The van der Waals surface area contributed by atoms with E-state index < -0.39 is 11.9 Å². The Morgan fingerprint density at radius 1 is 1.65 bits per heavy atom. The standard InChI is InChI=1S/C13H14N2O2/c1-3-17-13(16)11(9-14)8-10(2)12-6-4-5-7-15-12/h4-7,11H,2-3,8H2,1H3. The molecule has 0 bridgehead atoms. The van der Waals surface area contributed by atoms with Gasteiger partial charge in [-0.3, -0.25) is 9.78 Å². The van der Waals surface area contributed by atoms with E-state index in [4.69, 9.17) is 10.00 Å². The van der Waals surface area contributed by atoms with Gasteiger partial charge in [-0.15, -0.1) is 0 Å². The number of nitriles is 1. The Kier molecular flexibility index (Phi) is 4.89. The number of carbonyl (C=O) groups excluding carboxylic acids is 1. The van der Waals surface area contributed by atoms with E-state index in [1.165, 1.54) is 0 Å². The molecule has 0 aliphatic heterocycles. The summed E-state index contributed by atoms with van der Waals surface area (Å²) in [7, 11) is 0. The van der Waals surface area contributed by atoms with Crippen molar-refractivity contribution in [3.05, 3.63) is 36.7 Å². The Morgan fingerprint density at radius 2 is 2.41 bits per heavy atom. The lowest BCUT2D eigenvalue weighted by Gasteiger charge is -2.09. The van der Waals surface area contributed by atoms with Crippen LogP contribution in [0.25, 0.3) is 5.57 Å². The molecule has 1 rings (SSSR count). The Hall–Kier alpha value is -2.15. The van der Waals surface area contributed by atoms with Gasteiger partial charge in [0.1, 0.15) is 5.92 Å². The summed E-state index contributed by atoms with van der Waals surface area (Å²) >= 11 is 0. The third kappa shape index (κ3) is 3.72. The zero-order valence-corrected chi connectivity index (χ0v) is 9.72. The Bertz CT molecular complexity index is 434. The topological polar surface area (TPSA) is 63.0 Å². The van der Waals surface area contributed by atoms with E-state index in [-0.39, 0.29) is 13.0 Å². The fraction of sp³-hybridized carbons (Fsp3) is 0.308. The average Bonchev–Trinajstić information content (AvgIpc) is 2.37. The summed E-state index contributed by atoms with van der Waals surface area (Å²) in [6.45, 7) is 5.81. The van der Waals surface area contributed by atoms with Crippen molar-refractivity contribution in [3.63, 3.8) is 0 Å². The lowest BCUT2D eigenvalue weighted by atomic mass is 9.99. The number of hydrogen-bond acceptors (Lipinski definition) is 4. The maximum atomic E-state index is 11.4. The summed E-state index contributed by atoms with van der Waals surface area (Å²) in [6, 6.07) is 7.35. The van der Waals surface area contributed by atoms with E-state index in [9.17, 15) is 4.79 Å². The number of rotatable bonds is 5. The van der Waals surface area contributed by atoms with Gasteiger partial charge in [0, 0.05) is 12.6 Å². The highest BCUT2D eigenvalue weighted by Crippen LogP contribution is 2.19. The molecule has 88 valence electrons. The molecule has 1 unspecified atom stereocenters. The van der Waals surface area contributed by atoms with Crippen LogP contribution in [0.5, 0.6) is 0 Å². The van der Waals surface area contributed by atoms with Crippen LogP contribution in [0.4, 0.5) is 0 Å². The molecule has 1 aromatic heterocycles. The minimum atomic E-state index is -0.815. The summed E-state index contributed by atoms with van der Waals surface area (Å²) in [5.74, 6) is -1.32. The van der Waals surface area contributed by atoms with Gasteiger partial charge in [-0.1, -0.05) is 12.6 Å². The quantitative estimate of drug-likeness (QED) is 0.727. The maximum absolute atomic E-state index is 11.4. The van der Waals surface area contributed by atoms with Gasteiger partial charge in [0.2, 0.25) is 0 Å².